The van der Waals surface area contributed by atoms with E-state index in [9.17, 15) is 4.79 Å². The van der Waals surface area contributed by atoms with Gasteiger partial charge in [-0.2, -0.15) is 0 Å². The molecule has 1 atom stereocenters. The number of carbonyl (C=O) groups is 1. The number of hydrogen-bond acceptors (Lipinski definition) is 3. The van der Waals surface area contributed by atoms with E-state index < -0.39 is 0 Å². The van der Waals surface area contributed by atoms with Gasteiger partial charge in [0, 0.05) is 25.7 Å². The molecule has 15 heavy (non-hydrogen) atoms. The summed E-state index contributed by atoms with van der Waals surface area (Å²) in [6.45, 7) is 6.71. The van der Waals surface area contributed by atoms with E-state index >= 15 is 0 Å². The van der Waals surface area contributed by atoms with E-state index in [-0.39, 0.29) is 11.8 Å². The van der Waals surface area contributed by atoms with Crippen LogP contribution in [0.3, 0.4) is 0 Å². The summed E-state index contributed by atoms with van der Waals surface area (Å²) in [5.74, 6) is 0.195. The third-order valence-corrected chi connectivity index (χ3v) is 2.26. The fourth-order valence-electron chi connectivity index (χ4n) is 1.26. The number of hydrogen-bond donors (Lipinski definition) is 2. The van der Waals surface area contributed by atoms with Crippen LogP contribution in [0.5, 0.6) is 0 Å². The van der Waals surface area contributed by atoms with Crippen LogP contribution in [-0.4, -0.2) is 32.2 Å². The average Bonchev–Trinajstić information content (AvgIpc) is 2.25. The minimum absolute atomic E-state index is 0.0700. The predicted molar refractivity (Wildman–Crippen MR) is 61.6 cm³/mol. The van der Waals surface area contributed by atoms with Gasteiger partial charge in [0.15, 0.2) is 0 Å². The molecule has 0 aromatic rings. The highest BCUT2D eigenvalue weighted by Gasteiger charge is 2.10. The highest BCUT2D eigenvalue weighted by molar-refractivity contribution is 5.78. The lowest BCUT2D eigenvalue weighted by Crippen LogP contribution is -2.30. The molecule has 0 aromatic heterocycles. The number of carbonyl (C=O) groups excluding carboxylic acids is 1. The molecular formula is C11H24N2O2. The lowest BCUT2D eigenvalue weighted by Gasteiger charge is -2.11. The van der Waals surface area contributed by atoms with Crippen LogP contribution < -0.4 is 11.1 Å². The second kappa shape index (κ2) is 9.93. The fourth-order valence-corrected chi connectivity index (χ4v) is 1.26. The molecule has 0 aliphatic heterocycles. The van der Waals surface area contributed by atoms with Gasteiger partial charge in [0.2, 0.25) is 5.91 Å². The van der Waals surface area contributed by atoms with Crippen molar-refractivity contribution in [3.63, 3.8) is 0 Å². The maximum absolute atomic E-state index is 11.5. The molecular weight excluding hydrogens is 192 g/mol. The maximum atomic E-state index is 11.5. The molecule has 0 radical (unpaired) electrons. The Bertz CT molecular complexity index is 163. The van der Waals surface area contributed by atoms with Gasteiger partial charge in [-0.15, -0.1) is 0 Å². The van der Waals surface area contributed by atoms with E-state index in [0.29, 0.717) is 19.7 Å². The molecule has 4 heteroatoms. The van der Waals surface area contributed by atoms with E-state index in [4.69, 9.17) is 10.5 Å². The average molecular weight is 216 g/mol. The molecule has 1 amide bonds. The SMILES string of the molecule is CCOCCCNC(=O)C(C)CCCN. The van der Waals surface area contributed by atoms with Crippen molar-refractivity contribution >= 4 is 5.91 Å². The highest BCUT2D eigenvalue weighted by atomic mass is 16.5. The summed E-state index contributed by atoms with van der Waals surface area (Å²) in [4.78, 5) is 11.5. The lowest BCUT2D eigenvalue weighted by atomic mass is 10.1. The van der Waals surface area contributed by atoms with E-state index in [0.717, 1.165) is 25.9 Å². The van der Waals surface area contributed by atoms with E-state index in [1.165, 1.54) is 0 Å². The van der Waals surface area contributed by atoms with Crippen molar-refractivity contribution in [2.24, 2.45) is 11.7 Å². The van der Waals surface area contributed by atoms with Gasteiger partial charge in [0.1, 0.15) is 0 Å². The minimum Gasteiger partial charge on any atom is -0.382 e. The van der Waals surface area contributed by atoms with Crippen molar-refractivity contribution in [2.75, 3.05) is 26.3 Å². The first-order valence-corrected chi connectivity index (χ1v) is 5.77. The topological polar surface area (TPSA) is 64.3 Å². The van der Waals surface area contributed by atoms with Crippen LogP contribution in [0.1, 0.15) is 33.1 Å². The molecule has 90 valence electrons. The Hall–Kier alpha value is -0.610. The Balaban J connectivity index is 3.38. The van der Waals surface area contributed by atoms with Crippen LogP contribution >= 0.6 is 0 Å². The molecule has 3 N–H and O–H groups in total. The van der Waals surface area contributed by atoms with Crippen molar-refractivity contribution in [3.05, 3.63) is 0 Å². The van der Waals surface area contributed by atoms with Gasteiger partial charge in [-0.05, 0) is 32.7 Å². The maximum Gasteiger partial charge on any atom is 0.222 e. The second-order valence-corrected chi connectivity index (χ2v) is 3.67. The Kier molecular flexibility index (Phi) is 9.52. The third-order valence-electron chi connectivity index (χ3n) is 2.26. The van der Waals surface area contributed by atoms with Crippen molar-refractivity contribution < 1.29 is 9.53 Å². The molecule has 0 heterocycles. The predicted octanol–water partition coefficient (Wildman–Crippen LogP) is 0.904. The largest absolute Gasteiger partial charge is 0.382 e. The van der Waals surface area contributed by atoms with Gasteiger partial charge in [0.05, 0.1) is 0 Å². The van der Waals surface area contributed by atoms with Crippen molar-refractivity contribution in [2.45, 2.75) is 33.1 Å². The quantitative estimate of drug-likeness (QED) is 0.563. The highest BCUT2D eigenvalue weighted by Crippen LogP contribution is 2.04. The second-order valence-electron chi connectivity index (χ2n) is 3.67. The first kappa shape index (κ1) is 14.4. The lowest BCUT2D eigenvalue weighted by molar-refractivity contribution is -0.124. The van der Waals surface area contributed by atoms with Crippen LogP contribution in [0.4, 0.5) is 0 Å². The van der Waals surface area contributed by atoms with Gasteiger partial charge < -0.3 is 15.8 Å². The van der Waals surface area contributed by atoms with Crippen molar-refractivity contribution in [1.29, 1.82) is 0 Å². The summed E-state index contributed by atoms with van der Waals surface area (Å²) >= 11 is 0. The zero-order valence-corrected chi connectivity index (χ0v) is 9.92. The molecule has 0 bridgehead atoms. The number of rotatable bonds is 9. The van der Waals surface area contributed by atoms with Crippen LogP contribution in [0.25, 0.3) is 0 Å². The van der Waals surface area contributed by atoms with Crippen LogP contribution in [-0.2, 0) is 9.53 Å². The van der Waals surface area contributed by atoms with Crippen molar-refractivity contribution in [1.82, 2.24) is 5.32 Å². The molecule has 0 fully saturated rings. The van der Waals surface area contributed by atoms with Crippen LogP contribution in [0.15, 0.2) is 0 Å². The normalized spacial score (nSPS) is 12.5. The zero-order valence-electron chi connectivity index (χ0n) is 9.92. The summed E-state index contributed by atoms with van der Waals surface area (Å²) in [6.07, 6.45) is 2.66. The molecule has 0 saturated carbocycles. The number of amides is 1. The van der Waals surface area contributed by atoms with Crippen molar-refractivity contribution in [3.8, 4) is 0 Å². The van der Waals surface area contributed by atoms with E-state index in [1.807, 2.05) is 13.8 Å². The summed E-state index contributed by atoms with van der Waals surface area (Å²) < 4.78 is 5.17. The van der Waals surface area contributed by atoms with Gasteiger partial charge in [-0.1, -0.05) is 6.92 Å². The van der Waals surface area contributed by atoms with E-state index in [1.54, 1.807) is 0 Å². The van der Waals surface area contributed by atoms with Gasteiger partial charge in [-0.3, -0.25) is 4.79 Å². The van der Waals surface area contributed by atoms with Gasteiger partial charge >= 0.3 is 0 Å². The fraction of sp³-hybridized carbons (Fsp3) is 0.909. The summed E-state index contributed by atoms with van der Waals surface area (Å²) in [6, 6.07) is 0. The van der Waals surface area contributed by atoms with Crippen LogP contribution in [0, 0.1) is 5.92 Å². The molecule has 0 spiro atoms. The number of nitrogens with two attached hydrogens (primary N) is 1. The molecule has 0 aliphatic carbocycles. The molecule has 0 saturated heterocycles. The summed E-state index contributed by atoms with van der Waals surface area (Å²) in [7, 11) is 0. The van der Waals surface area contributed by atoms with Gasteiger partial charge in [-0.25, -0.2) is 0 Å². The molecule has 0 aromatic carbocycles. The smallest absolute Gasteiger partial charge is 0.222 e. The monoisotopic (exact) mass is 216 g/mol. The first-order valence-electron chi connectivity index (χ1n) is 5.77. The zero-order chi connectivity index (χ0) is 11.5. The standard InChI is InChI=1S/C11H24N2O2/c1-3-15-9-5-8-13-11(14)10(2)6-4-7-12/h10H,3-9,12H2,1-2H3,(H,13,14). The summed E-state index contributed by atoms with van der Waals surface area (Å²) in [5, 5.41) is 2.89. The molecule has 0 aliphatic rings. The third kappa shape index (κ3) is 8.39. The number of ether oxygens (including phenoxy) is 1. The molecule has 1 unspecified atom stereocenters. The Morgan fingerprint density at radius 3 is 2.80 bits per heavy atom. The molecule has 0 rings (SSSR count). The first-order chi connectivity index (χ1) is 7.22. The Labute approximate surface area is 92.6 Å². The Morgan fingerprint density at radius 1 is 1.47 bits per heavy atom. The van der Waals surface area contributed by atoms with E-state index in [2.05, 4.69) is 5.32 Å². The van der Waals surface area contributed by atoms with Crippen LogP contribution in [0.2, 0.25) is 0 Å². The van der Waals surface area contributed by atoms with Gasteiger partial charge in [0.25, 0.3) is 0 Å². The Morgan fingerprint density at radius 2 is 2.20 bits per heavy atom. The summed E-state index contributed by atoms with van der Waals surface area (Å²) in [5.41, 5.74) is 5.38. The number of nitrogens with one attached hydrogen (secondary N) is 1. The minimum atomic E-state index is 0.0700. The molecule has 4 nitrogen and oxygen atoms in total.